The third-order valence-corrected chi connectivity index (χ3v) is 2.65. The van der Waals surface area contributed by atoms with Crippen LogP contribution >= 0.6 is 0 Å². The second-order valence-corrected chi connectivity index (χ2v) is 4.39. The summed E-state index contributed by atoms with van der Waals surface area (Å²) < 4.78 is 32.4. The molecule has 1 N–H and O–H groups in total. The van der Waals surface area contributed by atoms with Gasteiger partial charge >= 0.3 is 5.97 Å². The highest BCUT2D eigenvalue weighted by Gasteiger charge is 2.35. The summed E-state index contributed by atoms with van der Waals surface area (Å²) >= 11 is 0. The van der Waals surface area contributed by atoms with Crippen molar-refractivity contribution in [2.24, 2.45) is 0 Å². The molecule has 0 heterocycles. The predicted molar refractivity (Wildman–Crippen MR) is 63.2 cm³/mol. The van der Waals surface area contributed by atoms with E-state index < -0.39 is 18.3 Å². The van der Waals surface area contributed by atoms with E-state index in [1.54, 1.807) is 0 Å². The lowest BCUT2D eigenvalue weighted by atomic mass is 9.96. The van der Waals surface area contributed by atoms with Gasteiger partial charge in [-0.2, -0.15) is 0 Å². The number of hydrogen-bond donors (Lipinski definition) is 1. The summed E-state index contributed by atoms with van der Waals surface area (Å²) in [5, 5.41) is 8.48. The SMILES string of the molecule is COc1ccc(C(F)(F)CC(=O)O)cc1C(C)C. The second-order valence-electron chi connectivity index (χ2n) is 4.39. The van der Waals surface area contributed by atoms with Crippen molar-refractivity contribution >= 4 is 5.97 Å². The van der Waals surface area contributed by atoms with Crippen LogP contribution in [0.3, 0.4) is 0 Å². The Morgan fingerprint density at radius 2 is 2.06 bits per heavy atom. The van der Waals surface area contributed by atoms with Crippen molar-refractivity contribution in [2.45, 2.75) is 32.1 Å². The number of halogens is 2. The van der Waals surface area contributed by atoms with Gasteiger partial charge in [-0.05, 0) is 29.7 Å². The maximum atomic E-state index is 13.7. The maximum Gasteiger partial charge on any atom is 0.309 e. The van der Waals surface area contributed by atoms with Gasteiger partial charge < -0.3 is 9.84 Å². The Hall–Kier alpha value is -1.65. The number of carboxylic acid groups (broad SMARTS) is 1. The lowest BCUT2D eigenvalue weighted by molar-refractivity contribution is -0.145. The topological polar surface area (TPSA) is 46.5 Å². The molecule has 0 saturated carbocycles. The molecule has 0 unspecified atom stereocenters. The third-order valence-electron chi connectivity index (χ3n) is 2.65. The van der Waals surface area contributed by atoms with E-state index in [4.69, 9.17) is 9.84 Å². The zero-order valence-corrected chi connectivity index (χ0v) is 10.5. The second kappa shape index (κ2) is 5.33. The first-order chi connectivity index (χ1) is 8.27. The van der Waals surface area contributed by atoms with Gasteiger partial charge in [-0.1, -0.05) is 13.8 Å². The maximum absolute atomic E-state index is 13.7. The molecule has 5 heteroatoms. The van der Waals surface area contributed by atoms with Gasteiger partial charge in [0.25, 0.3) is 5.92 Å². The highest BCUT2D eigenvalue weighted by Crippen LogP contribution is 2.36. The molecule has 0 aliphatic carbocycles. The van der Waals surface area contributed by atoms with Gasteiger partial charge in [0.05, 0.1) is 7.11 Å². The quantitative estimate of drug-likeness (QED) is 0.880. The number of ether oxygens (including phenoxy) is 1. The first-order valence-electron chi connectivity index (χ1n) is 5.56. The van der Waals surface area contributed by atoms with Gasteiger partial charge in [0.1, 0.15) is 12.2 Å². The Morgan fingerprint density at radius 1 is 1.44 bits per heavy atom. The lowest BCUT2D eigenvalue weighted by Crippen LogP contribution is -2.18. The van der Waals surface area contributed by atoms with E-state index >= 15 is 0 Å². The first-order valence-corrected chi connectivity index (χ1v) is 5.56. The van der Waals surface area contributed by atoms with E-state index in [2.05, 4.69) is 0 Å². The number of methoxy groups -OCH3 is 1. The minimum atomic E-state index is -3.37. The molecule has 3 nitrogen and oxygen atoms in total. The average molecular weight is 258 g/mol. The number of rotatable bonds is 5. The summed E-state index contributed by atoms with van der Waals surface area (Å²) in [5.41, 5.74) is 0.342. The predicted octanol–water partition coefficient (Wildman–Crippen LogP) is 3.39. The molecule has 0 fully saturated rings. The van der Waals surface area contributed by atoms with Gasteiger partial charge in [-0.3, -0.25) is 4.79 Å². The van der Waals surface area contributed by atoms with Crippen LogP contribution in [0.4, 0.5) is 8.78 Å². The van der Waals surface area contributed by atoms with E-state index in [-0.39, 0.29) is 11.5 Å². The van der Waals surface area contributed by atoms with E-state index in [1.165, 1.54) is 25.3 Å². The number of hydrogen-bond acceptors (Lipinski definition) is 2. The highest BCUT2D eigenvalue weighted by molar-refractivity contribution is 5.68. The van der Waals surface area contributed by atoms with Crippen LogP contribution in [0.15, 0.2) is 18.2 Å². The van der Waals surface area contributed by atoms with E-state index in [0.29, 0.717) is 11.3 Å². The molecule has 1 aromatic rings. The van der Waals surface area contributed by atoms with Crippen LogP contribution in [0, 0.1) is 0 Å². The Morgan fingerprint density at radius 3 is 2.50 bits per heavy atom. The standard InChI is InChI=1S/C13H16F2O3/c1-8(2)10-6-9(4-5-11(10)18-3)13(14,15)7-12(16)17/h4-6,8H,7H2,1-3H3,(H,16,17). The Labute approximate surface area is 104 Å². The third kappa shape index (κ3) is 3.18. The number of carbonyl (C=O) groups is 1. The van der Waals surface area contributed by atoms with Crippen LogP contribution in [0.5, 0.6) is 5.75 Å². The molecule has 0 amide bonds. The zero-order valence-electron chi connectivity index (χ0n) is 10.5. The minimum Gasteiger partial charge on any atom is -0.496 e. The highest BCUT2D eigenvalue weighted by atomic mass is 19.3. The molecule has 0 aliphatic heterocycles. The molecule has 0 radical (unpaired) electrons. The van der Waals surface area contributed by atoms with Gasteiger partial charge in [-0.15, -0.1) is 0 Å². The molecule has 0 aliphatic rings. The monoisotopic (exact) mass is 258 g/mol. The van der Waals surface area contributed by atoms with Crippen molar-refractivity contribution < 1.29 is 23.4 Å². The summed E-state index contributed by atoms with van der Waals surface area (Å²) in [5.74, 6) is -4.36. The van der Waals surface area contributed by atoms with Gasteiger partial charge in [0.2, 0.25) is 0 Å². The summed E-state index contributed by atoms with van der Waals surface area (Å²) in [7, 11) is 1.47. The van der Waals surface area contributed by atoms with Crippen LogP contribution in [0.25, 0.3) is 0 Å². The van der Waals surface area contributed by atoms with Crippen molar-refractivity contribution in [3.63, 3.8) is 0 Å². The van der Waals surface area contributed by atoms with Crippen molar-refractivity contribution in [3.8, 4) is 5.75 Å². The molecule has 100 valence electrons. The van der Waals surface area contributed by atoms with E-state index in [0.717, 1.165) is 0 Å². The molecule has 0 saturated heterocycles. The Bertz CT molecular complexity index is 442. The smallest absolute Gasteiger partial charge is 0.309 e. The number of alkyl halides is 2. The summed E-state index contributed by atoms with van der Waals surface area (Å²) in [4.78, 5) is 10.4. The van der Waals surface area contributed by atoms with Crippen molar-refractivity contribution in [2.75, 3.05) is 7.11 Å². The fraction of sp³-hybridized carbons (Fsp3) is 0.462. The Balaban J connectivity index is 3.19. The van der Waals surface area contributed by atoms with Crippen LogP contribution in [0.1, 0.15) is 37.3 Å². The number of aliphatic carboxylic acids is 1. The van der Waals surface area contributed by atoms with Crippen molar-refractivity contribution in [3.05, 3.63) is 29.3 Å². The van der Waals surface area contributed by atoms with Crippen LogP contribution < -0.4 is 4.74 Å². The Kier molecular flexibility index (Phi) is 4.27. The number of carboxylic acids is 1. The fourth-order valence-electron chi connectivity index (χ4n) is 1.71. The van der Waals surface area contributed by atoms with Crippen LogP contribution in [0.2, 0.25) is 0 Å². The summed E-state index contributed by atoms with van der Waals surface area (Å²) in [6.07, 6.45) is -1.21. The van der Waals surface area contributed by atoms with Crippen LogP contribution in [-0.4, -0.2) is 18.2 Å². The average Bonchev–Trinajstić information content (AvgIpc) is 2.26. The molecular formula is C13H16F2O3. The van der Waals surface area contributed by atoms with Crippen LogP contribution in [-0.2, 0) is 10.7 Å². The molecule has 0 aromatic heterocycles. The lowest BCUT2D eigenvalue weighted by Gasteiger charge is -2.18. The molecule has 1 aromatic carbocycles. The molecule has 0 bridgehead atoms. The fourth-order valence-corrected chi connectivity index (χ4v) is 1.71. The molecule has 18 heavy (non-hydrogen) atoms. The molecule has 0 atom stereocenters. The van der Waals surface area contributed by atoms with Gasteiger partial charge in [0, 0.05) is 5.56 Å². The largest absolute Gasteiger partial charge is 0.496 e. The summed E-state index contributed by atoms with van der Waals surface area (Å²) in [6.45, 7) is 3.72. The zero-order chi connectivity index (χ0) is 13.9. The normalized spacial score (nSPS) is 11.7. The van der Waals surface area contributed by atoms with Crippen molar-refractivity contribution in [1.29, 1.82) is 0 Å². The van der Waals surface area contributed by atoms with Crippen molar-refractivity contribution in [1.82, 2.24) is 0 Å². The number of benzene rings is 1. The molecular weight excluding hydrogens is 242 g/mol. The first kappa shape index (κ1) is 14.4. The molecule has 1 rings (SSSR count). The van der Waals surface area contributed by atoms with Gasteiger partial charge in [-0.25, -0.2) is 8.78 Å². The van der Waals surface area contributed by atoms with E-state index in [9.17, 15) is 13.6 Å². The van der Waals surface area contributed by atoms with E-state index in [1.807, 2.05) is 13.8 Å². The van der Waals surface area contributed by atoms with Gasteiger partial charge in [0.15, 0.2) is 0 Å². The minimum absolute atomic E-state index is 0.0144. The summed E-state index contributed by atoms with van der Waals surface area (Å²) in [6, 6.07) is 3.96. The molecule has 0 spiro atoms.